The van der Waals surface area contributed by atoms with Crippen molar-refractivity contribution in [3.05, 3.63) is 30.3 Å². The molecule has 38 heavy (non-hydrogen) atoms. The van der Waals surface area contributed by atoms with Crippen molar-refractivity contribution in [2.75, 3.05) is 33.4 Å². The average Bonchev–Trinajstić information content (AvgIpc) is 2.87. The summed E-state index contributed by atoms with van der Waals surface area (Å²) in [5.74, 6) is 6.02. The molecule has 1 heterocycles. The van der Waals surface area contributed by atoms with Gasteiger partial charge in [-0.3, -0.25) is 9.00 Å². The fraction of sp³-hybridized carbons (Fsp3) is 0.655. The first-order chi connectivity index (χ1) is 18.1. The minimum absolute atomic E-state index is 0.0924. The lowest BCUT2D eigenvalue weighted by Crippen LogP contribution is -2.58. The summed E-state index contributed by atoms with van der Waals surface area (Å²) < 4.78 is 23.5. The molecule has 2 N–H and O–H groups in total. The molecule has 1 aliphatic rings. The molecule has 0 spiro atoms. The fourth-order valence-electron chi connectivity index (χ4n) is 4.46. The third-order valence-electron chi connectivity index (χ3n) is 6.24. The predicted molar refractivity (Wildman–Crippen MR) is 149 cm³/mol. The molecule has 3 atom stereocenters. The highest BCUT2D eigenvalue weighted by Crippen LogP contribution is 2.37. The number of likely N-dealkylation sites (tertiary alicyclic amines) is 1. The Morgan fingerprint density at radius 3 is 2.61 bits per heavy atom. The van der Waals surface area contributed by atoms with Gasteiger partial charge in [0.05, 0.1) is 16.8 Å². The average molecular weight is 549 g/mol. The van der Waals surface area contributed by atoms with Gasteiger partial charge in [0.15, 0.2) is 0 Å². The molecule has 1 fully saturated rings. The second-order valence-electron chi connectivity index (χ2n) is 10.6. The first-order valence-electron chi connectivity index (χ1n) is 13.5. The zero-order valence-corrected chi connectivity index (χ0v) is 24.1. The Balaban J connectivity index is 2.39. The van der Waals surface area contributed by atoms with E-state index in [1.54, 1.807) is 44.9 Å². The highest BCUT2D eigenvalue weighted by Gasteiger charge is 2.50. The number of hydrogen-bond donors (Lipinski definition) is 2. The minimum atomic E-state index is -1.66. The van der Waals surface area contributed by atoms with Crippen molar-refractivity contribution in [1.82, 2.24) is 10.2 Å². The second kappa shape index (κ2) is 15.9. The van der Waals surface area contributed by atoms with Crippen LogP contribution in [0.25, 0.3) is 0 Å². The predicted octanol–water partition coefficient (Wildman–Crippen LogP) is 4.03. The molecule has 0 saturated carbocycles. The number of carbonyl (C=O) groups excluding carboxylic acids is 2. The summed E-state index contributed by atoms with van der Waals surface area (Å²) in [6, 6.07) is 8.30. The van der Waals surface area contributed by atoms with Gasteiger partial charge < -0.3 is 24.8 Å². The third-order valence-corrected chi connectivity index (χ3v) is 8.19. The smallest absolute Gasteiger partial charge is 0.408 e. The van der Waals surface area contributed by atoms with Gasteiger partial charge in [0.2, 0.25) is 5.91 Å². The molecule has 1 aromatic rings. The Morgan fingerprint density at radius 2 is 1.95 bits per heavy atom. The molecule has 8 nitrogen and oxygen atoms in total. The monoisotopic (exact) mass is 548 g/mol. The molecule has 0 aromatic heterocycles. The van der Waals surface area contributed by atoms with Crippen LogP contribution in [-0.4, -0.2) is 76.0 Å². The fourth-order valence-corrected chi connectivity index (χ4v) is 6.25. The number of amides is 2. The van der Waals surface area contributed by atoms with E-state index in [0.717, 1.165) is 19.3 Å². The number of aliphatic hydroxyl groups is 1. The molecule has 212 valence electrons. The molecule has 0 aliphatic carbocycles. The largest absolute Gasteiger partial charge is 0.444 e. The van der Waals surface area contributed by atoms with Gasteiger partial charge in [-0.2, -0.15) is 0 Å². The summed E-state index contributed by atoms with van der Waals surface area (Å²) in [5, 5.41) is 11.9. The van der Waals surface area contributed by atoms with E-state index in [-0.39, 0.29) is 18.9 Å². The number of aliphatic hydroxyl groups excluding tert-OH is 1. The van der Waals surface area contributed by atoms with E-state index in [1.807, 2.05) is 18.2 Å². The number of alkyl carbamates (subject to hydrolysis) is 1. The summed E-state index contributed by atoms with van der Waals surface area (Å²) in [6.45, 7) is 7.22. The number of ether oxygens (including phenoxy) is 2. The molecule has 1 aliphatic heterocycles. The maximum Gasteiger partial charge on any atom is 0.408 e. The van der Waals surface area contributed by atoms with Crippen LogP contribution < -0.4 is 5.32 Å². The summed E-state index contributed by atoms with van der Waals surface area (Å²) in [6.07, 6.45) is 4.13. The van der Waals surface area contributed by atoms with E-state index < -0.39 is 33.3 Å². The van der Waals surface area contributed by atoms with E-state index in [0.29, 0.717) is 50.3 Å². The van der Waals surface area contributed by atoms with Crippen molar-refractivity contribution in [3.8, 4) is 11.8 Å². The number of hydrogen-bond acceptors (Lipinski definition) is 6. The highest BCUT2D eigenvalue weighted by atomic mass is 32.2. The molecule has 9 heteroatoms. The molecule has 1 saturated heterocycles. The molecule has 2 amide bonds. The van der Waals surface area contributed by atoms with E-state index in [1.165, 1.54) is 0 Å². The number of methoxy groups -OCH3 is 1. The van der Waals surface area contributed by atoms with Crippen molar-refractivity contribution >= 4 is 22.8 Å². The Kier molecular flexibility index (Phi) is 13.3. The second-order valence-corrected chi connectivity index (χ2v) is 12.4. The zero-order valence-electron chi connectivity index (χ0n) is 23.3. The third kappa shape index (κ3) is 10.0. The van der Waals surface area contributed by atoms with Gasteiger partial charge in [0.1, 0.15) is 10.3 Å². The van der Waals surface area contributed by atoms with Crippen LogP contribution in [0.1, 0.15) is 72.1 Å². The van der Waals surface area contributed by atoms with E-state index >= 15 is 0 Å². The Labute approximate surface area is 230 Å². The van der Waals surface area contributed by atoms with Crippen molar-refractivity contribution in [2.45, 2.75) is 93.4 Å². The summed E-state index contributed by atoms with van der Waals surface area (Å²) in [5.41, 5.74) is -0.701. The van der Waals surface area contributed by atoms with Crippen molar-refractivity contribution in [1.29, 1.82) is 0 Å². The number of unbranched alkanes of at least 4 members (excludes halogenated alkanes) is 3. The molecule has 2 rings (SSSR count). The number of piperidine rings is 1. The molecule has 0 bridgehead atoms. The van der Waals surface area contributed by atoms with Crippen molar-refractivity contribution in [2.24, 2.45) is 0 Å². The van der Waals surface area contributed by atoms with Crippen LogP contribution in [0.15, 0.2) is 35.2 Å². The van der Waals surface area contributed by atoms with Crippen LogP contribution in [0.2, 0.25) is 0 Å². The first kappa shape index (κ1) is 31.8. The molecule has 1 aromatic carbocycles. The van der Waals surface area contributed by atoms with Crippen LogP contribution in [0.5, 0.6) is 0 Å². The molecular formula is C29H44N2O6S. The lowest BCUT2D eigenvalue weighted by Gasteiger charge is -2.42. The maximum absolute atomic E-state index is 14.1. The van der Waals surface area contributed by atoms with Gasteiger partial charge in [0.25, 0.3) is 0 Å². The Hall–Kier alpha value is -2.41. The molecule has 0 radical (unpaired) electrons. The topological polar surface area (TPSA) is 105 Å². The summed E-state index contributed by atoms with van der Waals surface area (Å²) >= 11 is 0. The summed E-state index contributed by atoms with van der Waals surface area (Å²) in [4.78, 5) is 29.2. The van der Waals surface area contributed by atoms with Crippen molar-refractivity contribution < 1.29 is 28.4 Å². The Morgan fingerprint density at radius 1 is 1.21 bits per heavy atom. The lowest BCUT2D eigenvalue weighted by molar-refractivity contribution is -0.137. The van der Waals surface area contributed by atoms with Gasteiger partial charge in [-0.1, -0.05) is 24.1 Å². The number of benzene rings is 1. The van der Waals surface area contributed by atoms with Crippen molar-refractivity contribution in [3.63, 3.8) is 0 Å². The van der Waals surface area contributed by atoms with E-state index in [9.17, 15) is 13.8 Å². The van der Waals surface area contributed by atoms with Gasteiger partial charge in [-0.25, -0.2) is 4.79 Å². The zero-order chi connectivity index (χ0) is 28.0. The van der Waals surface area contributed by atoms with E-state index in [2.05, 4.69) is 17.2 Å². The van der Waals surface area contributed by atoms with E-state index in [4.69, 9.17) is 14.6 Å². The van der Waals surface area contributed by atoms with Gasteiger partial charge in [0, 0.05) is 51.2 Å². The standard InChI is InChI=1S/C29H44N2O6S/c1-28(2,3)37-27(34)30-24(15-8-5-6-12-21-32)23-29(38(35)25-16-9-7-10-17-25)18-14-20-31(26(29)33)19-11-13-22-36-4/h7,9-10,16-17,24,32H,5-6,11-14,18-23H2,1-4H3,(H,30,34). The quantitative estimate of drug-likeness (QED) is 0.285. The number of nitrogens with zero attached hydrogens (tertiary/aromatic N) is 1. The highest BCUT2D eigenvalue weighted by molar-refractivity contribution is 7.87. The first-order valence-corrected chi connectivity index (χ1v) is 14.6. The van der Waals surface area contributed by atoms with Gasteiger partial charge in [-0.15, -0.1) is 5.92 Å². The normalized spacial score (nSPS) is 19.3. The van der Waals surface area contributed by atoms with Crippen LogP contribution in [0, 0.1) is 11.8 Å². The van der Waals surface area contributed by atoms with Crippen LogP contribution in [-0.2, 0) is 25.1 Å². The number of carbonyl (C=O) groups is 2. The lowest BCUT2D eigenvalue weighted by atomic mass is 9.89. The van der Waals surface area contributed by atoms with Crippen LogP contribution in [0.3, 0.4) is 0 Å². The molecular weight excluding hydrogens is 504 g/mol. The Bertz CT molecular complexity index is 969. The van der Waals surface area contributed by atoms with Gasteiger partial charge in [-0.05, 0) is 71.4 Å². The van der Waals surface area contributed by atoms with Gasteiger partial charge >= 0.3 is 6.09 Å². The van der Waals surface area contributed by atoms with Crippen LogP contribution in [0.4, 0.5) is 4.79 Å². The van der Waals surface area contributed by atoms with Crippen LogP contribution >= 0.6 is 0 Å². The SMILES string of the molecule is COCCCCN1CCCC(CC(C#CCCCCO)NC(=O)OC(C)(C)C)(S(=O)c2ccccc2)C1=O. The number of nitrogens with one attached hydrogen (secondary N) is 1. The summed E-state index contributed by atoms with van der Waals surface area (Å²) in [7, 11) is -0.00635. The number of rotatable bonds is 13. The minimum Gasteiger partial charge on any atom is -0.444 e. The maximum atomic E-state index is 14.1. The molecule has 3 unspecified atom stereocenters.